The number of nitrogens with one attached hydrogen (secondary N) is 7. The molecule has 20 heteroatoms. The van der Waals surface area contributed by atoms with Crippen molar-refractivity contribution in [3.63, 3.8) is 0 Å². The van der Waals surface area contributed by atoms with E-state index in [4.69, 9.17) is 18.9 Å². The second-order valence-electron chi connectivity index (χ2n) is 23.7. The van der Waals surface area contributed by atoms with Gasteiger partial charge in [0, 0.05) is 51.7 Å². The zero-order valence-corrected chi connectivity index (χ0v) is 49.1. The maximum Gasteiger partial charge on any atom is 0.407 e. The van der Waals surface area contributed by atoms with E-state index in [2.05, 4.69) is 37.2 Å². The third-order valence-electron chi connectivity index (χ3n) is 11.3. The molecule has 0 spiro atoms. The number of amides is 7. The van der Waals surface area contributed by atoms with Gasteiger partial charge in [0.15, 0.2) is 0 Å². The first-order chi connectivity index (χ1) is 36.9. The first-order valence-electron chi connectivity index (χ1n) is 27.8. The van der Waals surface area contributed by atoms with Gasteiger partial charge < -0.3 is 56.2 Å². The Kier molecular flexibility index (Phi) is 29.7. The molecule has 442 valence electrons. The van der Waals surface area contributed by atoms with Crippen LogP contribution in [0, 0.1) is 0 Å². The molecule has 2 aromatic carbocycles. The molecule has 2 unspecified atom stereocenters. The third kappa shape index (κ3) is 34.0. The van der Waals surface area contributed by atoms with Crippen molar-refractivity contribution in [2.24, 2.45) is 0 Å². The number of ether oxygens (including phenoxy) is 4. The lowest BCUT2D eigenvalue weighted by atomic mass is 10.0. The summed E-state index contributed by atoms with van der Waals surface area (Å²) >= 11 is 0. The molecule has 0 saturated carbocycles. The molecule has 20 nitrogen and oxygen atoms in total. The summed E-state index contributed by atoms with van der Waals surface area (Å²) in [7, 11) is 0. The first kappa shape index (κ1) is 68.4. The van der Waals surface area contributed by atoms with Gasteiger partial charge in [-0.25, -0.2) is 19.2 Å². The standard InChI is InChI=1S/C59H93N7O13/c1-56(2,3)76-49(69)35-34-44(53(73)78-58(7,8)9)66-54(74)65-43(52(72)77-57(4,5)6)31-23-26-36-60-47(67)32-21-15-24-37-61-50(70)45(39-41-27-17-13-18-28-41)64-51(71)46(40-42-29-19-14-20-30-42)63-48(68)33-22-16-25-38-62-55(75)79-59(10,11)12/h13-14,17-20,27-30,43-46H,15-16,21-26,31-40H2,1-12H3,(H,60,67)(H,61,70)(H,62,75)(H,63,68)(H,64,71)(H2,65,66,74)/t43?,44-,45+,46?/m0/s1. The second kappa shape index (κ2) is 34.3. The Morgan fingerprint density at radius 3 is 1.32 bits per heavy atom. The minimum Gasteiger partial charge on any atom is -0.460 e. The van der Waals surface area contributed by atoms with Crippen LogP contribution in [-0.4, -0.2) is 120 Å². The van der Waals surface area contributed by atoms with Crippen molar-refractivity contribution in [1.82, 2.24) is 37.2 Å². The molecule has 0 saturated heterocycles. The van der Waals surface area contributed by atoms with Crippen LogP contribution in [0.3, 0.4) is 0 Å². The van der Waals surface area contributed by atoms with Crippen LogP contribution in [-0.2, 0) is 65.4 Å². The van der Waals surface area contributed by atoms with Crippen molar-refractivity contribution in [2.45, 2.75) is 226 Å². The van der Waals surface area contributed by atoms with Crippen LogP contribution in [0.1, 0.15) is 178 Å². The predicted molar refractivity (Wildman–Crippen MR) is 301 cm³/mol. The molecule has 2 aromatic rings. The monoisotopic (exact) mass is 1110 g/mol. The van der Waals surface area contributed by atoms with Crippen LogP contribution in [0.2, 0.25) is 0 Å². The molecule has 4 atom stereocenters. The number of esters is 3. The minimum absolute atomic E-state index is 0.105. The Bertz CT molecular complexity index is 2230. The summed E-state index contributed by atoms with van der Waals surface area (Å²) in [6.45, 7) is 21.7. The summed E-state index contributed by atoms with van der Waals surface area (Å²) in [5.74, 6) is -3.34. The molecule has 0 aliphatic heterocycles. The van der Waals surface area contributed by atoms with Crippen LogP contribution in [0.25, 0.3) is 0 Å². The van der Waals surface area contributed by atoms with Crippen molar-refractivity contribution in [1.29, 1.82) is 0 Å². The first-order valence-corrected chi connectivity index (χ1v) is 27.8. The molecule has 0 aliphatic carbocycles. The van der Waals surface area contributed by atoms with E-state index in [1.165, 1.54) is 0 Å². The van der Waals surface area contributed by atoms with Crippen molar-refractivity contribution >= 4 is 53.7 Å². The SMILES string of the molecule is CC(C)(C)OC(=O)CC[C@H](NC(=O)NC(CCCCNC(=O)CCCCCNC(=O)[C@@H](Cc1ccccc1)NC(=O)C(Cc1ccccc1)NC(=O)CCCCCNC(=O)OC(C)(C)C)C(=O)OC(C)(C)C)C(=O)OC(C)(C)C. The zero-order chi connectivity index (χ0) is 59.2. The Morgan fingerprint density at radius 1 is 0.392 bits per heavy atom. The summed E-state index contributed by atoms with van der Waals surface area (Å²) < 4.78 is 21.7. The molecular weight excluding hydrogens is 1010 g/mol. The Hall–Kier alpha value is -6.73. The van der Waals surface area contributed by atoms with Crippen molar-refractivity contribution < 1.29 is 62.1 Å². The normalized spacial score (nSPS) is 13.2. The molecule has 2 rings (SSSR count). The maximum atomic E-state index is 14.0. The molecule has 7 amide bonds. The smallest absolute Gasteiger partial charge is 0.407 e. The van der Waals surface area contributed by atoms with Crippen molar-refractivity contribution in [2.75, 3.05) is 19.6 Å². The van der Waals surface area contributed by atoms with Gasteiger partial charge in [-0.3, -0.25) is 24.0 Å². The van der Waals surface area contributed by atoms with E-state index < -0.39 is 82.5 Å². The lowest BCUT2D eigenvalue weighted by Gasteiger charge is -2.27. The highest BCUT2D eigenvalue weighted by Crippen LogP contribution is 2.16. The van der Waals surface area contributed by atoms with Crippen LogP contribution < -0.4 is 37.2 Å². The Morgan fingerprint density at radius 2 is 0.823 bits per heavy atom. The lowest BCUT2D eigenvalue weighted by Crippen LogP contribution is -2.55. The average molecular weight is 1110 g/mol. The highest BCUT2D eigenvalue weighted by atomic mass is 16.6. The molecule has 0 aliphatic rings. The van der Waals surface area contributed by atoms with E-state index in [0.717, 1.165) is 11.1 Å². The maximum absolute atomic E-state index is 14.0. The average Bonchev–Trinajstić information content (AvgIpc) is 3.32. The molecule has 0 radical (unpaired) electrons. The van der Waals surface area contributed by atoms with E-state index in [-0.39, 0.29) is 62.7 Å². The van der Waals surface area contributed by atoms with Gasteiger partial charge >= 0.3 is 30.0 Å². The summed E-state index contributed by atoms with van der Waals surface area (Å²) in [4.78, 5) is 118. The van der Waals surface area contributed by atoms with Gasteiger partial charge in [0.05, 0.1) is 0 Å². The van der Waals surface area contributed by atoms with E-state index in [0.29, 0.717) is 71.0 Å². The van der Waals surface area contributed by atoms with Crippen molar-refractivity contribution in [3.8, 4) is 0 Å². The highest BCUT2D eigenvalue weighted by molar-refractivity contribution is 5.92. The van der Waals surface area contributed by atoms with Gasteiger partial charge in [0.2, 0.25) is 23.6 Å². The van der Waals surface area contributed by atoms with Crippen LogP contribution in [0.15, 0.2) is 60.7 Å². The fraction of sp³-hybridized carbons (Fsp3) is 0.644. The van der Waals surface area contributed by atoms with E-state index >= 15 is 0 Å². The fourth-order valence-corrected chi connectivity index (χ4v) is 7.72. The van der Waals surface area contributed by atoms with Crippen LogP contribution in [0.5, 0.6) is 0 Å². The van der Waals surface area contributed by atoms with Gasteiger partial charge in [-0.05, 0) is 146 Å². The number of alkyl carbamates (subject to hydrolysis) is 1. The van der Waals surface area contributed by atoms with Gasteiger partial charge in [-0.2, -0.15) is 0 Å². The van der Waals surface area contributed by atoms with Crippen LogP contribution in [0.4, 0.5) is 9.59 Å². The minimum atomic E-state index is -1.22. The second-order valence-corrected chi connectivity index (χ2v) is 23.7. The number of hydrogen-bond acceptors (Lipinski definition) is 13. The summed E-state index contributed by atoms with van der Waals surface area (Å²) in [6, 6.07) is 13.6. The van der Waals surface area contributed by atoms with Gasteiger partial charge in [0.1, 0.15) is 46.6 Å². The Labute approximate surface area is 468 Å². The number of rotatable bonds is 32. The quantitative estimate of drug-likeness (QED) is 0.0215. The van der Waals surface area contributed by atoms with Gasteiger partial charge in [-0.15, -0.1) is 0 Å². The lowest BCUT2D eigenvalue weighted by molar-refractivity contribution is -0.159. The number of benzene rings is 2. The summed E-state index contributed by atoms with van der Waals surface area (Å²) in [5, 5.41) is 19.5. The summed E-state index contributed by atoms with van der Waals surface area (Å²) in [5.41, 5.74) is -1.41. The van der Waals surface area contributed by atoms with E-state index in [1.54, 1.807) is 83.1 Å². The van der Waals surface area contributed by atoms with Crippen LogP contribution >= 0.6 is 0 Å². The molecule has 79 heavy (non-hydrogen) atoms. The number of unbranched alkanes of at least 4 members (excludes halogenated alkanes) is 5. The Balaban J connectivity index is 1.91. The molecule has 7 N–H and O–H groups in total. The molecule has 0 fully saturated rings. The van der Waals surface area contributed by atoms with Crippen molar-refractivity contribution in [3.05, 3.63) is 71.8 Å². The number of urea groups is 1. The zero-order valence-electron chi connectivity index (χ0n) is 49.1. The molecule has 0 aromatic heterocycles. The fourth-order valence-electron chi connectivity index (χ4n) is 7.72. The molecule has 0 heterocycles. The topological polar surface area (TPSA) is 275 Å². The molecular formula is C59H93N7O13. The predicted octanol–water partition coefficient (Wildman–Crippen LogP) is 7.33. The molecule has 0 bridgehead atoms. The number of carbonyl (C=O) groups is 9. The third-order valence-corrected chi connectivity index (χ3v) is 11.3. The van der Waals surface area contributed by atoms with E-state index in [1.807, 2.05) is 60.7 Å². The van der Waals surface area contributed by atoms with Gasteiger partial charge in [0.25, 0.3) is 0 Å². The number of hydrogen-bond donors (Lipinski definition) is 7. The highest BCUT2D eigenvalue weighted by Gasteiger charge is 2.32. The number of carbonyl (C=O) groups excluding carboxylic acids is 9. The van der Waals surface area contributed by atoms with E-state index in [9.17, 15) is 43.2 Å². The summed E-state index contributed by atoms with van der Waals surface area (Å²) in [6.07, 6.45) is 4.74. The largest absolute Gasteiger partial charge is 0.460 e. The van der Waals surface area contributed by atoms with Gasteiger partial charge in [-0.1, -0.05) is 73.5 Å².